The fourth-order valence-electron chi connectivity index (χ4n) is 1.89. The van der Waals surface area contributed by atoms with Crippen molar-refractivity contribution >= 4 is 17.8 Å². The van der Waals surface area contributed by atoms with Crippen LogP contribution in [-0.4, -0.2) is 31.6 Å². The third-order valence-electron chi connectivity index (χ3n) is 3.24. The van der Waals surface area contributed by atoms with E-state index in [0.29, 0.717) is 10.3 Å². The van der Waals surface area contributed by atoms with Crippen molar-refractivity contribution in [1.29, 1.82) is 0 Å². The van der Waals surface area contributed by atoms with E-state index >= 15 is 0 Å². The average molecular weight is 344 g/mol. The predicted octanol–water partition coefficient (Wildman–Crippen LogP) is 0.580. The first-order valence-electron chi connectivity index (χ1n) is 7.29. The van der Waals surface area contributed by atoms with E-state index in [1.165, 1.54) is 19.2 Å². The van der Waals surface area contributed by atoms with Gasteiger partial charge in [0.25, 0.3) is 5.91 Å². The molecule has 0 atom stereocenters. The summed E-state index contributed by atoms with van der Waals surface area (Å²) in [5.41, 5.74) is 1.36. The van der Waals surface area contributed by atoms with Crippen molar-refractivity contribution in [1.82, 2.24) is 5.32 Å². The second-order valence-corrected chi connectivity index (χ2v) is 4.99. The van der Waals surface area contributed by atoms with Gasteiger partial charge in [-0.1, -0.05) is 12.1 Å². The maximum Gasteiger partial charge on any atom is 0.339 e. The lowest BCUT2D eigenvalue weighted by atomic mass is 10.1. The van der Waals surface area contributed by atoms with Gasteiger partial charge in [0, 0.05) is 18.7 Å². The quantitative estimate of drug-likeness (QED) is 0.466. The highest BCUT2D eigenvalue weighted by Crippen LogP contribution is 2.05. The molecule has 25 heavy (non-hydrogen) atoms. The maximum atomic E-state index is 11.7. The average Bonchev–Trinajstić information content (AvgIpc) is 2.64. The van der Waals surface area contributed by atoms with Crippen LogP contribution < -0.4 is 10.0 Å². The summed E-state index contributed by atoms with van der Waals surface area (Å²) in [5, 5.41) is 13.5. The zero-order valence-corrected chi connectivity index (χ0v) is 13.4. The van der Waals surface area contributed by atoms with Gasteiger partial charge in [-0.2, -0.15) is 4.73 Å². The van der Waals surface area contributed by atoms with E-state index in [1.54, 1.807) is 24.3 Å². The number of amides is 1. The highest BCUT2D eigenvalue weighted by atomic mass is 16.5. The van der Waals surface area contributed by atoms with Gasteiger partial charge in [0.15, 0.2) is 19.0 Å². The largest absolute Gasteiger partial charge is 0.619 e. The first-order chi connectivity index (χ1) is 12.0. The predicted molar refractivity (Wildman–Crippen MR) is 85.3 cm³/mol. The summed E-state index contributed by atoms with van der Waals surface area (Å²) in [6.45, 7) is -0.218. The van der Waals surface area contributed by atoms with Gasteiger partial charge in [-0.25, -0.2) is 9.59 Å². The third-order valence-corrected chi connectivity index (χ3v) is 3.24. The van der Waals surface area contributed by atoms with Gasteiger partial charge in [-0.15, -0.1) is 0 Å². The van der Waals surface area contributed by atoms with Gasteiger partial charge in [0.05, 0.1) is 18.2 Å². The van der Waals surface area contributed by atoms with Crippen LogP contribution in [0.3, 0.4) is 0 Å². The molecule has 0 aliphatic heterocycles. The number of nitrogens with zero attached hydrogens (tertiary/aromatic N) is 1. The molecule has 1 aromatic heterocycles. The third kappa shape index (κ3) is 5.31. The number of rotatable bonds is 6. The molecule has 0 radical (unpaired) electrons. The molecule has 1 N–H and O–H groups in total. The minimum absolute atomic E-state index is 0.179. The highest BCUT2D eigenvalue weighted by molar-refractivity contribution is 5.91. The molecule has 1 heterocycles. The van der Waals surface area contributed by atoms with E-state index in [2.05, 4.69) is 10.1 Å². The zero-order valence-electron chi connectivity index (χ0n) is 13.4. The van der Waals surface area contributed by atoms with Crippen molar-refractivity contribution in [3.05, 3.63) is 70.7 Å². The van der Waals surface area contributed by atoms with Crippen molar-refractivity contribution in [3.8, 4) is 0 Å². The van der Waals surface area contributed by atoms with Crippen LogP contribution in [0.4, 0.5) is 0 Å². The van der Waals surface area contributed by atoms with E-state index < -0.39 is 24.5 Å². The first-order valence-corrected chi connectivity index (χ1v) is 7.29. The number of nitrogens with one attached hydrogen (secondary N) is 1. The lowest BCUT2D eigenvalue weighted by Gasteiger charge is -2.07. The van der Waals surface area contributed by atoms with E-state index in [0.717, 1.165) is 18.0 Å². The van der Waals surface area contributed by atoms with Crippen LogP contribution in [0.15, 0.2) is 48.8 Å². The molecule has 2 aromatic rings. The maximum absolute atomic E-state index is 11.7. The summed E-state index contributed by atoms with van der Waals surface area (Å²) in [6.07, 6.45) is 2.32. The Hall–Kier alpha value is -3.42. The van der Waals surface area contributed by atoms with Gasteiger partial charge < -0.3 is 20.0 Å². The standard InChI is InChI=1S/C17H16N2O6/c1-24-16(21)13-4-2-12(3-5-13)10-18-15(20)11-25-17(22)14-6-8-19(23)9-7-14/h2-9H,10-11H2,1H3,(H,18,20). The first kappa shape index (κ1) is 17.9. The molecule has 130 valence electrons. The Balaban J connectivity index is 1.77. The van der Waals surface area contributed by atoms with Gasteiger partial charge in [-0.05, 0) is 17.7 Å². The molecular formula is C17H16N2O6. The number of benzene rings is 1. The Morgan fingerprint density at radius 3 is 2.20 bits per heavy atom. The smallest absolute Gasteiger partial charge is 0.339 e. The Morgan fingerprint density at radius 2 is 1.60 bits per heavy atom. The molecule has 2 rings (SSSR count). The van der Waals surface area contributed by atoms with Crippen molar-refractivity contribution in [2.24, 2.45) is 0 Å². The molecule has 0 aliphatic carbocycles. The van der Waals surface area contributed by atoms with E-state index in [1.807, 2.05) is 0 Å². The summed E-state index contributed by atoms with van der Waals surface area (Å²) in [7, 11) is 1.30. The topological polar surface area (TPSA) is 109 Å². The molecule has 0 spiro atoms. The van der Waals surface area contributed by atoms with Gasteiger partial charge >= 0.3 is 11.9 Å². The molecule has 1 amide bonds. The summed E-state index contributed by atoms with van der Waals surface area (Å²) in [6, 6.07) is 9.14. The van der Waals surface area contributed by atoms with Crippen LogP contribution in [0.5, 0.6) is 0 Å². The molecule has 0 unspecified atom stereocenters. The van der Waals surface area contributed by atoms with Crippen LogP contribution in [0, 0.1) is 5.21 Å². The number of aromatic nitrogens is 1. The van der Waals surface area contributed by atoms with Crippen LogP contribution in [0.2, 0.25) is 0 Å². The summed E-state index contributed by atoms with van der Waals surface area (Å²) < 4.78 is 9.99. The molecule has 0 saturated heterocycles. The summed E-state index contributed by atoms with van der Waals surface area (Å²) in [4.78, 5) is 34.7. The molecule has 1 aromatic carbocycles. The molecule has 0 aliphatic rings. The fourth-order valence-corrected chi connectivity index (χ4v) is 1.89. The van der Waals surface area contributed by atoms with E-state index in [9.17, 15) is 19.6 Å². The van der Waals surface area contributed by atoms with Crippen LogP contribution in [0.1, 0.15) is 26.3 Å². The number of pyridine rings is 1. The van der Waals surface area contributed by atoms with Gasteiger partial charge in [0.2, 0.25) is 0 Å². The highest BCUT2D eigenvalue weighted by Gasteiger charge is 2.11. The second kappa shape index (κ2) is 8.44. The van der Waals surface area contributed by atoms with Crippen molar-refractivity contribution < 1.29 is 28.6 Å². The molecular weight excluding hydrogens is 328 g/mol. The second-order valence-electron chi connectivity index (χ2n) is 4.99. The Morgan fingerprint density at radius 1 is 1.00 bits per heavy atom. The van der Waals surface area contributed by atoms with Gasteiger partial charge in [-0.3, -0.25) is 4.79 Å². The molecule has 0 bridgehead atoms. The minimum atomic E-state index is -0.696. The number of carbonyl (C=O) groups is 3. The Bertz CT molecular complexity index is 756. The summed E-state index contributed by atoms with van der Waals surface area (Å²) in [5.74, 6) is -1.61. The Labute approximate surface area is 143 Å². The van der Waals surface area contributed by atoms with Crippen LogP contribution >= 0.6 is 0 Å². The molecule has 0 fully saturated rings. The number of carbonyl (C=O) groups excluding carboxylic acids is 3. The fraction of sp³-hybridized carbons (Fsp3) is 0.176. The van der Waals surface area contributed by atoms with Crippen molar-refractivity contribution in [2.45, 2.75) is 6.54 Å². The Kier molecular flexibility index (Phi) is 6.05. The van der Waals surface area contributed by atoms with Gasteiger partial charge in [0.1, 0.15) is 0 Å². The van der Waals surface area contributed by atoms with Crippen LogP contribution in [0.25, 0.3) is 0 Å². The number of ether oxygens (including phenoxy) is 2. The molecule has 0 saturated carbocycles. The molecule has 8 nitrogen and oxygen atoms in total. The number of methoxy groups -OCH3 is 1. The number of hydrogen-bond donors (Lipinski definition) is 1. The number of esters is 2. The van der Waals surface area contributed by atoms with E-state index in [4.69, 9.17) is 4.74 Å². The normalized spacial score (nSPS) is 9.96. The monoisotopic (exact) mass is 344 g/mol. The minimum Gasteiger partial charge on any atom is -0.619 e. The van der Waals surface area contributed by atoms with Crippen LogP contribution in [-0.2, 0) is 20.8 Å². The lowest BCUT2D eigenvalue weighted by Crippen LogP contribution is -2.29. The SMILES string of the molecule is COC(=O)c1ccc(CNC(=O)COC(=O)c2cc[n+]([O-])cc2)cc1. The summed E-state index contributed by atoms with van der Waals surface area (Å²) >= 11 is 0. The lowest BCUT2D eigenvalue weighted by molar-refractivity contribution is -0.605. The van der Waals surface area contributed by atoms with Crippen molar-refractivity contribution in [3.63, 3.8) is 0 Å². The number of hydrogen-bond acceptors (Lipinski definition) is 6. The zero-order chi connectivity index (χ0) is 18.2. The van der Waals surface area contributed by atoms with Crippen molar-refractivity contribution in [2.75, 3.05) is 13.7 Å². The molecule has 8 heteroatoms. The van der Waals surface area contributed by atoms with E-state index in [-0.39, 0.29) is 12.1 Å².